The molecule has 0 aromatic carbocycles. The first-order chi connectivity index (χ1) is 9.58. The zero-order chi connectivity index (χ0) is 14.7. The summed E-state index contributed by atoms with van der Waals surface area (Å²) in [7, 11) is 3.66. The number of rotatable bonds is 5. The minimum Gasteiger partial charge on any atom is -0.496 e. The first-order valence-corrected chi connectivity index (χ1v) is 6.78. The van der Waals surface area contributed by atoms with E-state index >= 15 is 0 Å². The molecule has 1 N–H and O–H groups in total. The van der Waals surface area contributed by atoms with Gasteiger partial charge in [-0.25, -0.2) is 0 Å². The number of methoxy groups -OCH3 is 1. The minimum atomic E-state index is 0.187. The second-order valence-corrected chi connectivity index (χ2v) is 5.02. The van der Waals surface area contributed by atoms with Crippen LogP contribution in [0.4, 0.5) is 0 Å². The highest BCUT2D eigenvalue weighted by Crippen LogP contribution is 2.28. The summed E-state index contributed by atoms with van der Waals surface area (Å²) >= 11 is 0. The van der Waals surface area contributed by atoms with Gasteiger partial charge in [0.1, 0.15) is 11.5 Å². The first-order valence-electron chi connectivity index (χ1n) is 6.78. The molecule has 4 heteroatoms. The van der Waals surface area contributed by atoms with Crippen molar-refractivity contribution < 1.29 is 9.15 Å². The van der Waals surface area contributed by atoms with E-state index in [-0.39, 0.29) is 6.04 Å². The summed E-state index contributed by atoms with van der Waals surface area (Å²) in [5.74, 6) is 1.87. The topological polar surface area (TPSA) is 47.3 Å². The lowest BCUT2D eigenvalue weighted by Gasteiger charge is -2.18. The van der Waals surface area contributed by atoms with E-state index in [9.17, 15) is 0 Å². The smallest absolute Gasteiger partial charge is 0.128 e. The van der Waals surface area contributed by atoms with E-state index in [4.69, 9.17) is 9.15 Å². The summed E-state index contributed by atoms with van der Waals surface area (Å²) in [6, 6.07) is 2.20. The molecule has 20 heavy (non-hydrogen) atoms. The number of likely N-dealkylation sites (N-methyl/N-ethyl adjacent to an activating group) is 1. The van der Waals surface area contributed by atoms with Crippen molar-refractivity contribution in [3.05, 3.63) is 46.7 Å². The molecule has 0 bridgehead atoms. The molecule has 108 valence electrons. The summed E-state index contributed by atoms with van der Waals surface area (Å²) in [6.07, 6.45) is 4.40. The molecule has 2 aromatic rings. The number of hydrogen-bond donors (Lipinski definition) is 1. The second kappa shape index (κ2) is 6.09. The van der Waals surface area contributed by atoms with E-state index in [2.05, 4.69) is 17.2 Å². The van der Waals surface area contributed by atoms with Crippen molar-refractivity contribution in [1.82, 2.24) is 10.3 Å². The Bertz CT molecular complexity index is 590. The fourth-order valence-corrected chi connectivity index (χ4v) is 2.59. The van der Waals surface area contributed by atoms with E-state index < -0.39 is 0 Å². The Hall–Kier alpha value is -1.81. The Morgan fingerprint density at radius 3 is 2.65 bits per heavy atom. The average molecular weight is 274 g/mol. The summed E-state index contributed by atoms with van der Waals surface area (Å²) in [4.78, 5) is 4.56. The van der Waals surface area contributed by atoms with Crippen LogP contribution in [0.1, 0.15) is 34.2 Å². The number of furan rings is 1. The van der Waals surface area contributed by atoms with Crippen LogP contribution < -0.4 is 10.1 Å². The summed E-state index contributed by atoms with van der Waals surface area (Å²) in [5, 5.41) is 3.33. The van der Waals surface area contributed by atoms with Gasteiger partial charge in [0.15, 0.2) is 0 Å². The van der Waals surface area contributed by atoms with Gasteiger partial charge in [0, 0.05) is 41.0 Å². The Morgan fingerprint density at radius 2 is 2.10 bits per heavy atom. The predicted molar refractivity (Wildman–Crippen MR) is 79.2 cm³/mol. The van der Waals surface area contributed by atoms with Gasteiger partial charge >= 0.3 is 0 Å². The van der Waals surface area contributed by atoms with Gasteiger partial charge in [0.2, 0.25) is 0 Å². The molecule has 0 saturated carbocycles. The number of nitrogens with one attached hydrogen (secondary N) is 1. The SMILES string of the molecule is CNC(Cc1ncc(C)c(OC)c1C)c1ccoc1C. The number of ether oxygens (including phenoxy) is 1. The van der Waals surface area contributed by atoms with Gasteiger partial charge < -0.3 is 14.5 Å². The van der Waals surface area contributed by atoms with Gasteiger partial charge in [-0.1, -0.05) is 0 Å². The van der Waals surface area contributed by atoms with Crippen LogP contribution in [-0.4, -0.2) is 19.1 Å². The summed E-state index contributed by atoms with van der Waals surface area (Å²) in [6.45, 7) is 6.05. The lowest BCUT2D eigenvalue weighted by atomic mass is 9.99. The van der Waals surface area contributed by atoms with Crippen LogP contribution in [0, 0.1) is 20.8 Å². The van der Waals surface area contributed by atoms with Gasteiger partial charge in [0.05, 0.1) is 13.4 Å². The van der Waals surface area contributed by atoms with E-state index in [1.807, 2.05) is 33.2 Å². The van der Waals surface area contributed by atoms with E-state index in [1.165, 1.54) is 5.56 Å². The quantitative estimate of drug-likeness (QED) is 0.910. The number of aromatic nitrogens is 1. The van der Waals surface area contributed by atoms with Crippen molar-refractivity contribution in [2.75, 3.05) is 14.2 Å². The standard InChI is InChI=1S/C16H22N2O2/c1-10-9-18-14(11(2)16(10)19-5)8-15(17-4)13-6-7-20-12(13)3/h6-7,9,15,17H,8H2,1-5H3. The zero-order valence-electron chi connectivity index (χ0n) is 12.8. The molecule has 0 saturated heterocycles. The van der Waals surface area contributed by atoms with Gasteiger partial charge in [-0.15, -0.1) is 0 Å². The van der Waals surface area contributed by atoms with Crippen molar-refractivity contribution >= 4 is 0 Å². The lowest BCUT2D eigenvalue weighted by molar-refractivity contribution is 0.406. The van der Waals surface area contributed by atoms with Crippen LogP contribution in [0.15, 0.2) is 22.9 Å². The molecular weight excluding hydrogens is 252 g/mol. The molecule has 0 radical (unpaired) electrons. The van der Waals surface area contributed by atoms with Crippen LogP contribution in [0.3, 0.4) is 0 Å². The van der Waals surface area contributed by atoms with Crippen molar-refractivity contribution in [3.63, 3.8) is 0 Å². The molecule has 0 fully saturated rings. The molecule has 0 aliphatic heterocycles. The van der Waals surface area contributed by atoms with Crippen molar-refractivity contribution in [3.8, 4) is 5.75 Å². The Kier molecular flexibility index (Phi) is 4.45. The number of pyridine rings is 1. The molecule has 1 atom stereocenters. The zero-order valence-corrected chi connectivity index (χ0v) is 12.8. The summed E-state index contributed by atoms with van der Waals surface area (Å²) in [5.41, 5.74) is 4.39. The molecule has 0 spiro atoms. The van der Waals surface area contributed by atoms with Gasteiger partial charge in [0.25, 0.3) is 0 Å². The van der Waals surface area contributed by atoms with Crippen molar-refractivity contribution in [1.29, 1.82) is 0 Å². The van der Waals surface area contributed by atoms with Gasteiger partial charge in [-0.2, -0.15) is 0 Å². The maximum Gasteiger partial charge on any atom is 0.128 e. The number of nitrogens with zero attached hydrogens (tertiary/aromatic N) is 1. The molecule has 2 aromatic heterocycles. The molecule has 0 aliphatic rings. The van der Waals surface area contributed by atoms with Crippen LogP contribution in [-0.2, 0) is 6.42 Å². The van der Waals surface area contributed by atoms with E-state index in [0.717, 1.165) is 34.8 Å². The third-order valence-corrected chi connectivity index (χ3v) is 3.77. The number of hydrogen-bond acceptors (Lipinski definition) is 4. The lowest BCUT2D eigenvalue weighted by Crippen LogP contribution is -2.20. The highest BCUT2D eigenvalue weighted by Gasteiger charge is 2.18. The highest BCUT2D eigenvalue weighted by atomic mass is 16.5. The molecular formula is C16H22N2O2. The Labute approximate surface area is 120 Å². The fraction of sp³-hybridized carbons (Fsp3) is 0.438. The normalized spacial score (nSPS) is 12.4. The van der Waals surface area contributed by atoms with Crippen LogP contribution in [0.2, 0.25) is 0 Å². The minimum absolute atomic E-state index is 0.187. The second-order valence-electron chi connectivity index (χ2n) is 5.02. The molecule has 2 rings (SSSR count). The molecule has 1 unspecified atom stereocenters. The predicted octanol–water partition coefficient (Wildman–Crippen LogP) is 3.11. The fourth-order valence-electron chi connectivity index (χ4n) is 2.59. The van der Waals surface area contributed by atoms with Crippen LogP contribution >= 0.6 is 0 Å². The molecule has 4 nitrogen and oxygen atoms in total. The van der Waals surface area contributed by atoms with Crippen LogP contribution in [0.25, 0.3) is 0 Å². The van der Waals surface area contributed by atoms with Gasteiger partial charge in [-0.3, -0.25) is 4.98 Å². The van der Waals surface area contributed by atoms with Crippen molar-refractivity contribution in [2.24, 2.45) is 0 Å². The first kappa shape index (κ1) is 14.6. The summed E-state index contributed by atoms with van der Waals surface area (Å²) < 4.78 is 10.9. The van der Waals surface area contributed by atoms with Crippen LogP contribution in [0.5, 0.6) is 5.75 Å². The molecule has 0 aliphatic carbocycles. The molecule has 0 amide bonds. The van der Waals surface area contributed by atoms with E-state index in [0.29, 0.717) is 0 Å². The monoisotopic (exact) mass is 274 g/mol. The van der Waals surface area contributed by atoms with Gasteiger partial charge in [-0.05, 0) is 33.9 Å². The average Bonchev–Trinajstić information content (AvgIpc) is 2.85. The third kappa shape index (κ3) is 2.70. The largest absolute Gasteiger partial charge is 0.496 e. The highest BCUT2D eigenvalue weighted by molar-refractivity contribution is 5.41. The Morgan fingerprint density at radius 1 is 1.35 bits per heavy atom. The maximum atomic E-state index is 5.47. The Balaban J connectivity index is 2.31. The van der Waals surface area contributed by atoms with E-state index in [1.54, 1.807) is 13.4 Å². The maximum absolute atomic E-state index is 5.47. The number of aryl methyl sites for hydroxylation is 2. The third-order valence-electron chi connectivity index (χ3n) is 3.77. The van der Waals surface area contributed by atoms with Crippen molar-refractivity contribution in [2.45, 2.75) is 33.2 Å². The molecule has 2 heterocycles.